The predicted molar refractivity (Wildman–Crippen MR) is 105 cm³/mol. The summed E-state index contributed by atoms with van der Waals surface area (Å²) in [6, 6.07) is 4.17. The van der Waals surface area contributed by atoms with E-state index in [2.05, 4.69) is 0 Å². The lowest BCUT2D eigenvalue weighted by atomic mass is 10.2. The number of carbonyl (C=O) groups is 1. The molecule has 1 aromatic carbocycles. The van der Waals surface area contributed by atoms with E-state index in [0.29, 0.717) is 19.6 Å². The number of rotatable bonds is 7. The highest BCUT2D eigenvalue weighted by atomic mass is 32.2. The van der Waals surface area contributed by atoms with Crippen molar-refractivity contribution < 1.29 is 22.7 Å². The molecule has 28 heavy (non-hydrogen) atoms. The van der Waals surface area contributed by atoms with Gasteiger partial charge in [-0.2, -0.15) is 4.31 Å². The fourth-order valence-corrected chi connectivity index (χ4v) is 5.37. The molecular weight excluding hydrogens is 404 g/mol. The zero-order valence-electron chi connectivity index (χ0n) is 15.7. The van der Waals surface area contributed by atoms with Gasteiger partial charge in [-0.3, -0.25) is 9.36 Å². The van der Waals surface area contributed by atoms with Gasteiger partial charge in [-0.1, -0.05) is 11.3 Å². The number of thiazole rings is 1. The van der Waals surface area contributed by atoms with Gasteiger partial charge in [-0.25, -0.2) is 13.2 Å². The van der Waals surface area contributed by atoms with Crippen LogP contribution in [-0.2, 0) is 21.3 Å². The van der Waals surface area contributed by atoms with E-state index in [0.717, 1.165) is 29.9 Å². The number of ether oxygens (including phenoxy) is 2. The molecule has 0 atom stereocenters. The lowest BCUT2D eigenvalue weighted by Gasteiger charge is -2.17. The van der Waals surface area contributed by atoms with Gasteiger partial charge in [0.15, 0.2) is 0 Å². The first-order chi connectivity index (χ1) is 13.3. The zero-order chi connectivity index (χ0) is 20.3. The standard InChI is InChI=1S/C18H22N2O6S2/c1-13-12-27-18(22)20(13)9-10-26-16-6-5-14(11-15(16)17(21)25-2)28(23,24)19-7-3-4-8-19/h5-6,11-12H,3-4,7-10H2,1-2H3. The van der Waals surface area contributed by atoms with Crippen molar-refractivity contribution in [1.29, 1.82) is 0 Å². The maximum atomic E-state index is 12.7. The third-order valence-electron chi connectivity index (χ3n) is 4.61. The Morgan fingerprint density at radius 1 is 1.25 bits per heavy atom. The lowest BCUT2D eigenvalue weighted by molar-refractivity contribution is 0.0595. The molecule has 0 radical (unpaired) electrons. The third kappa shape index (κ3) is 4.13. The van der Waals surface area contributed by atoms with Crippen LogP contribution < -0.4 is 9.61 Å². The predicted octanol–water partition coefficient (Wildman–Crippen LogP) is 1.87. The molecule has 0 spiro atoms. The van der Waals surface area contributed by atoms with Crippen LogP contribution >= 0.6 is 11.3 Å². The Kier molecular flexibility index (Phi) is 6.21. The molecule has 0 aliphatic carbocycles. The van der Waals surface area contributed by atoms with E-state index in [1.165, 1.54) is 29.6 Å². The molecule has 0 amide bonds. The topological polar surface area (TPSA) is 94.9 Å². The van der Waals surface area contributed by atoms with E-state index >= 15 is 0 Å². The van der Waals surface area contributed by atoms with Gasteiger partial charge >= 0.3 is 10.8 Å². The minimum atomic E-state index is -3.66. The van der Waals surface area contributed by atoms with Crippen molar-refractivity contribution in [3.05, 3.63) is 44.5 Å². The molecule has 0 N–H and O–H groups in total. The Labute approximate surface area is 167 Å². The summed E-state index contributed by atoms with van der Waals surface area (Å²) >= 11 is 1.11. The Morgan fingerprint density at radius 3 is 2.57 bits per heavy atom. The van der Waals surface area contributed by atoms with Gasteiger partial charge in [0, 0.05) is 24.2 Å². The van der Waals surface area contributed by atoms with Crippen LogP contribution in [0.5, 0.6) is 5.75 Å². The summed E-state index contributed by atoms with van der Waals surface area (Å²) in [5.74, 6) is -0.467. The quantitative estimate of drug-likeness (QED) is 0.628. The average molecular weight is 427 g/mol. The second kappa shape index (κ2) is 8.46. The summed E-state index contributed by atoms with van der Waals surface area (Å²) in [5, 5.41) is 1.76. The summed E-state index contributed by atoms with van der Waals surface area (Å²) in [6.07, 6.45) is 1.65. The van der Waals surface area contributed by atoms with Crippen molar-refractivity contribution in [2.45, 2.75) is 31.2 Å². The number of sulfonamides is 1. The van der Waals surface area contributed by atoms with E-state index in [1.54, 1.807) is 9.95 Å². The molecule has 3 rings (SSSR count). The van der Waals surface area contributed by atoms with Crippen molar-refractivity contribution >= 4 is 27.3 Å². The highest BCUT2D eigenvalue weighted by Crippen LogP contribution is 2.27. The summed E-state index contributed by atoms with van der Waals surface area (Å²) in [5.41, 5.74) is 0.871. The summed E-state index contributed by atoms with van der Waals surface area (Å²) in [6.45, 7) is 3.25. The molecule has 1 saturated heterocycles. The van der Waals surface area contributed by atoms with Crippen molar-refractivity contribution in [3.8, 4) is 5.75 Å². The van der Waals surface area contributed by atoms with Crippen LogP contribution in [0.4, 0.5) is 0 Å². The van der Waals surface area contributed by atoms with Gasteiger partial charge in [0.05, 0.1) is 18.6 Å². The zero-order valence-corrected chi connectivity index (χ0v) is 17.3. The number of carbonyl (C=O) groups excluding carboxylic acids is 1. The first kappa shape index (κ1) is 20.6. The Bertz CT molecular complexity index is 1020. The molecule has 2 heterocycles. The highest BCUT2D eigenvalue weighted by molar-refractivity contribution is 7.89. The number of hydrogen-bond acceptors (Lipinski definition) is 7. The molecular formula is C18H22N2O6S2. The van der Waals surface area contributed by atoms with E-state index in [-0.39, 0.29) is 27.7 Å². The average Bonchev–Trinajstić information content (AvgIpc) is 3.33. The Balaban J connectivity index is 1.83. The van der Waals surface area contributed by atoms with E-state index < -0.39 is 16.0 Å². The smallest absolute Gasteiger partial charge is 0.341 e. The van der Waals surface area contributed by atoms with E-state index in [9.17, 15) is 18.0 Å². The van der Waals surface area contributed by atoms with Gasteiger partial charge < -0.3 is 9.47 Å². The number of aromatic nitrogens is 1. The molecule has 1 aliphatic rings. The number of hydrogen-bond donors (Lipinski definition) is 0. The first-order valence-corrected chi connectivity index (χ1v) is 11.2. The molecule has 10 heteroatoms. The van der Waals surface area contributed by atoms with Gasteiger partial charge in [-0.05, 0) is 38.0 Å². The van der Waals surface area contributed by atoms with E-state index in [4.69, 9.17) is 9.47 Å². The van der Waals surface area contributed by atoms with E-state index in [1.807, 2.05) is 6.92 Å². The van der Waals surface area contributed by atoms with Gasteiger partial charge in [0.2, 0.25) is 10.0 Å². The maximum Gasteiger partial charge on any atom is 0.341 e. The second-order valence-electron chi connectivity index (χ2n) is 6.40. The molecule has 8 nitrogen and oxygen atoms in total. The van der Waals surface area contributed by atoms with Crippen LogP contribution in [0.25, 0.3) is 0 Å². The van der Waals surface area contributed by atoms with Crippen LogP contribution in [0.15, 0.2) is 33.3 Å². The highest BCUT2D eigenvalue weighted by Gasteiger charge is 2.29. The summed E-state index contributed by atoms with van der Waals surface area (Å²) in [4.78, 5) is 23.9. The van der Waals surface area contributed by atoms with Crippen LogP contribution in [0.3, 0.4) is 0 Å². The number of nitrogens with zero attached hydrogens (tertiary/aromatic N) is 2. The Hall–Kier alpha value is -2.17. The summed E-state index contributed by atoms with van der Waals surface area (Å²) < 4.78 is 38.9. The molecule has 1 aromatic heterocycles. The maximum absolute atomic E-state index is 12.7. The van der Waals surface area contributed by atoms with Gasteiger partial charge in [0.25, 0.3) is 0 Å². The van der Waals surface area contributed by atoms with Crippen LogP contribution in [0.1, 0.15) is 28.9 Å². The summed E-state index contributed by atoms with van der Waals surface area (Å²) in [7, 11) is -2.44. The van der Waals surface area contributed by atoms with Crippen molar-refractivity contribution in [2.24, 2.45) is 0 Å². The Morgan fingerprint density at radius 2 is 1.96 bits per heavy atom. The van der Waals surface area contributed by atoms with Crippen LogP contribution in [0.2, 0.25) is 0 Å². The van der Waals surface area contributed by atoms with Crippen molar-refractivity contribution in [3.63, 3.8) is 0 Å². The van der Waals surface area contributed by atoms with Crippen molar-refractivity contribution in [2.75, 3.05) is 26.8 Å². The molecule has 1 fully saturated rings. The molecule has 0 bridgehead atoms. The normalized spacial score (nSPS) is 14.9. The second-order valence-corrected chi connectivity index (χ2v) is 9.16. The molecule has 0 unspecified atom stereocenters. The number of methoxy groups -OCH3 is 1. The minimum absolute atomic E-state index is 0.0343. The fourth-order valence-electron chi connectivity index (χ4n) is 3.06. The lowest BCUT2D eigenvalue weighted by Crippen LogP contribution is -2.28. The monoisotopic (exact) mass is 426 g/mol. The SMILES string of the molecule is COC(=O)c1cc(S(=O)(=O)N2CCCC2)ccc1OCCn1c(C)csc1=O. The molecule has 152 valence electrons. The third-order valence-corrected chi connectivity index (χ3v) is 7.38. The van der Waals surface area contributed by atoms with Gasteiger partial charge in [-0.15, -0.1) is 0 Å². The van der Waals surface area contributed by atoms with Crippen LogP contribution in [0, 0.1) is 6.92 Å². The fraction of sp³-hybridized carbons (Fsp3) is 0.444. The molecule has 1 aliphatic heterocycles. The number of aryl methyl sites for hydroxylation is 1. The minimum Gasteiger partial charge on any atom is -0.491 e. The molecule has 0 saturated carbocycles. The molecule has 2 aromatic rings. The first-order valence-electron chi connectivity index (χ1n) is 8.85. The number of benzene rings is 1. The number of esters is 1. The van der Waals surface area contributed by atoms with Crippen molar-refractivity contribution in [1.82, 2.24) is 8.87 Å². The van der Waals surface area contributed by atoms with Gasteiger partial charge in [0.1, 0.15) is 17.9 Å². The van der Waals surface area contributed by atoms with Crippen LogP contribution in [-0.4, -0.2) is 50.1 Å². The largest absolute Gasteiger partial charge is 0.491 e.